The second-order valence-electron chi connectivity index (χ2n) is 6.10. The molecule has 1 amide bonds. The molecular weight excluding hydrogens is 322 g/mol. The summed E-state index contributed by atoms with van der Waals surface area (Å²) in [6.07, 6.45) is 1.29. The molecule has 1 N–H and O–H groups in total. The first-order chi connectivity index (χ1) is 12.1. The molecule has 3 heterocycles. The number of nitrogens with one attached hydrogen (secondary N) is 1. The number of carbonyl (C=O) groups excluding carboxylic acids is 1. The van der Waals surface area contributed by atoms with Crippen molar-refractivity contribution in [2.75, 3.05) is 19.7 Å². The molecule has 1 fully saturated rings. The number of rotatable bonds is 4. The Morgan fingerprint density at radius 3 is 2.84 bits per heavy atom. The fraction of sp³-hybridized carbons (Fsp3) is 0.294. The van der Waals surface area contributed by atoms with Gasteiger partial charge in [-0.3, -0.25) is 14.3 Å². The van der Waals surface area contributed by atoms with Crippen molar-refractivity contribution in [2.45, 2.75) is 0 Å². The van der Waals surface area contributed by atoms with Crippen molar-refractivity contribution in [3.8, 4) is 5.75 Å². The van der Waals surface area contributed by atoms with Gasteiger partial charge < -0.3 is 14.6 Å². The lowest BCUT2D eigenvalue weighted by Gasteiger charge is -2.38. The number of fused-ring (bicyclic) bond motifs is 1. The van der Waals surface area contributed by atoms with Crippen molar-refractivity contribution < 1.29 is 9.53 Å². The van der Waals surface area contributed by atoms with Gasteiger partial charge in [-0.2, -0.15) is 5.10 Å². The summed E-state index contributed by atoms with van der Waals surface area (Å²) in [5.41, 5.74) is 0.540. The second kappa shape index (κ2) is 6.04. The van der Waals surface area contributed by atoms with Crippen LogP contribution in [0.3, 0.4) is 0 Å². The molecule has 1 aliphatic heterocycles. The minimum atomic E-state index is -0.309. The summed E-state index contributed by atoms with van der Waals surface area (Å²) in [6, 6.07) is 9.60. The van der Waals surface area contributed by atoms with E-state index in [1.807, 2.05) is 30.3 Å². The van der Waals surface area contributed by atoms with Crippen molar-refractivity contribution in [1.29, 1.82) is 0 Å². The molecule has 0 unspecified atom stereocenters. The van der Waals surface area contributed by atoms with Gasteiger partial charge in [-0.15, -0.1) is 0 Å². The lowest BCUT2D eigenvalue weighted by molar-refractivity contribution is 0.0388. The van der Waals surface area contributed by atoms with E-state index in [2.05, 4.69) is 15.1 Å². The zero-order valence-corrected chi connectivity index (χ0v) is 13.7. The average Bonchev–Trinajstić information content (AvgIpc) is 2.92. The highest BCUT2D eigenvalue weighted by Gasteiger charge is 2.34. The third-order valence-electron chi connectivity index (χ3n) is 4.30. The van der Waals surface area contributed by atoms with Crippen LogP contribution in [0.2, 0.25) is 0 Å². The molecule has 0 bridgehead atoms. The minimum Gasteiger partial charge on any atom is -0.493 e. The van der Waals surface area contributed by atoms with Gasteiger partial charge in [-0.1, -0.05) is 18.2 Å². The number of carbonyl (C=O) groups is 1. The number of aryl methyl sites for hydroxylation is 1. The van der Waals surface area contributed by atoms with Crippen LogP contribution in [-0.4, -0.2) is 50.3 Å². The largest absolute Gasteiger partial charge is 0.493 e. The fourth-order valence-corrected chi connectivity index (χ4v) is 2.98. The number of amides is 1. The number of ether oxygens (including phenoxy) is 1. The van der Waals surface area contributed by atoms with Crippen LogP contribution in [0.25, 0.3) is 11.0 Å². The predicted octanol–water partition coefficient (Wildman–Crippen LogP) is 0.808. The van der Waals surface area contributed by atoms with Crippen LogP contribution in [0.5, 0.6) is 5.75 Å². The summed E-state index contributed by atoms with van der Waals surface area (Å²) in [7, 11) is 1.63. The third-order valence-corrected chi connectivity index (χ3v) is 4.30. The average molecular weight is 339 g/mol. The second-order valence-corrected chi connectivity index (χ2v) is 6.10. The highest BCUT2D eigenvalue weighted by molar-refractivity contribution is 6.03. The third kappa shape index (κ3) is 2.75. The molecule has 0 aliphatic carbocycles. The Labute approximate surface area is 143 Å². The van der Waals surface area contributed by atoms with E-state index in [4.69, 9.17) is 4.74 Å². The molecule has 0 saturated carbocycles. The van der Waals surface area contributed by atoms with E-state index in [1.165, 1.54) is 11.0 Å². The smallest absolute Gasteiger partial charge is 0.276 e. The summed E-state index contributed by atoms with van der Waals surface area (Å²) in [6.45, 7) is 1.77. The van der Waals surface area contributed by atoms with Crippen molar-refractivity contribution in [3.63, 3.8) is 0 Å². The van der Waals surface area contributed by atoms with Gasteiger partial charge in [0, 0.05) is 26.1 Å². The highest BCUT2D eigenvalue weighted by atomic mass is 16.5. The number of hydrogen-bond acceptors (Lipinski definition) is 5. The lowest BCUT2D eigenvalue weighted by atomic mass is 10.0. The van der Waals surface area contributed by atoms with Crippen molar-refractivity contribution in [2.24, 2.45) is 13.0 Å². The number of para-hydroxylation sites is 1. The first-order valence-corrected chi connectivity index (χ1v) is 8.01. The van der Waals surface area contributed by atoms with Crippen LogP contribution in [0.4, 0.5) is 0 Å². The Morgan fingerprint density at radius 2 is 2.08 bits per heavy atom. The van der Waals surface area contributed by atoms with Gasteiger partial charge >= 0.3 is 0 Å². The molecule has 25 heavy (non-hydrogen) atoms. The predicted molar refractivity (Wildman–Crippen MR) is 90.5 cm³/mol. The van der Waals surface area contributed by atoms with Crippen molar-refractivity contribution in [1.82, 2.24) is 24.6 Å². The summed E-state index contributed by atoms with van der Waals surface area (Å²) < 4.78 is 7.11. The Bertz CT molecular complexity index is 973. The number of aromatic amines is 1. The molecule has 1 aromatic carbocycles. The van der Waals surface area contributed by atoms with Crippen LogP contribution < -0.4 is 10.3 Å². The van der Waals surface area contributed by atoms with Crippen molar-refractivity contribution >= 4 is 16.9 Å². The number of benzene rings is 1. The number of H-pyrrole nitrogens is 1. The summed E-state index contributed by atoms with van der Waals surface area (Å²) in [5, 5.41) is 4.18. The molecule has 4 rings (SSSR count). The Hall–Kier alpha value is -3.16. The topological polar surface area (TPSA) is 93.1 Å². The summed E-state index contributed by atoms with van der Waals surface area (Å²) in [5.74, 6) is 0.904. The quantitative estimate of drug-likeness (QED) is 0.759. The lowest BCUT2D eigenvalue weighted by Crippen LogP contribution is -2.52. The van der Waals surface area contributed by atoms with Gasteiger partial charge in [0.1, 0.15) is 11.3 Å². The van der Waals surface area contributed by atoms with E-state index in [0.717, 1.165) is 5.75 Å². The number of aromatic nitrogens is 4. The fourth-order valence-electron chi connectivity index (χ4n) is 2.98. The van der Waals surface area contributed by atoms with E-state index in [9.17, 15) is 9.59 Å². The molecule has 8 heteroatoms. The summed E-state index contributed by atoms with van der Waals surface area (Å²) in [4.78, 5) is 32.8. The zero-order chi connectivity index (χ0) is 17.4. The van der Waals surface area contributed by atoms with Crippen molar-refractivity contribution in [3.05, 3.63) is 52.7 Å². The van der Waals surface area contributed by atoms with Crippen LogP contribution in [-0.2, 0) is 7.05 Å². The molecule has 2 aromatic heterocycles. The standard InChI is InChI=1S/C17H17N5O3/c1-21-15-13(18-10-19-16(15)23)14(20-21)17(24)22-7-11(8-22)9-25-12-5-3-2-4-6-12/h2-6,10-11H,7-9H2,1H3,(H,18,19,23). The van der Waals surface area contributed by atoms with E-state index >= 15 is 0 Å². The monoisotopic (exact) mass is 339 g/mol. The Balaban J connectivity index is 1.42. The molecule has 3 aromatic rings. The van der Waals surface area contributed by atoms with Gasteiger partial charge in [0.25, 0.3) is 11.5 Å². The van der Waals surface area contributed by atoms with Crippen LogP contribution >= 0.6 is 0 Å². The van der Waals surface area contributed by atoms with Gasteiger partial charge in [0.15, 0.2) is 11.2 Å². The highest BCUT2D eigenvalue weighted by Crippen LogP contribution is 2.22. The first-order valence-electron chi connectivity index (χ1n) is 8.01. The number of hydrogen-bond donors (Lipinski definition) is 1. The summed E-state index contributed by atoms with van der Waals surface area (Å²) >= 11 is 0. The molecule has 0 atom stereocenters. The maximum absolute atomic E-state index is 12.6. The van der Waals surface area contributed by atoms with Crippen LogP contribution in [0, 0.1) is 5.92 Å². The van der Waals surface area contributed by atoms with E-state index in [1.54, 1.807) is 11.9 Å². The van der Waals surface area contributed by atoms with Gasteiger partial charge in [0.2, 0.25) is 0 Å². The molecule has 0 radical (unpaired) electrons. The molecule has 1 saturated heterocycles. The van der Waals surface area contributed by atoms with Gasteiger partial charge in [-0.25, -0.2) is 4.98 Å². The first kappa shape index (κ1) is 15.4. The maximum atomic E-state index is 12.6. The number of nitrogens with zero attached hydrogens (tertiary/aromatic N) is 4. The van der Waals surface area contributed by atoms with E-state index in [-0.39, 0.29) is 23.1 Å². The zero-order valence-electron chi connectivity index (χ0n) is 13.7. The molecule has 128 valence electrons. The molecule has 0 spiro atoms. The van der Waals surface area contributed by atoms with E-state index in [0.29, 0.717) is 30.7 Å². The maximum Gasteiger partial charge on any atom is 0.276 e. The molecule has 1 aliphatic rings. The normalized spacial score (nSPS) is 14.5. The Morgan fingerprint density at radius 1 is 1.32 bits per heavy atom. The SMILES string of the molecule is Cn1nc(C(=O)N2CC(COc3ccccc3)C2)c2nc[nH]c(=O)c21. The van der Waals surface area contributed by atoms with Crippen LogP contribution in [0.15, 0.2) is 41.5 Å². The minimum absolute atomic E-state index is 0.209. The number of likely N-dealkylation sites (tertiary alicyclic amines) is 1. The molecular formula is C17H17N5O3. The molecule has 8 nitrogen and oxygen atoms in total. The van der Waals surface area contributed by atoms with Gasteiger partial charge in [0.05, 0.1) is 12.9 Å². The van der Waals surface area contributed by atoms with Gasteiger partial charge in [-0.05, 0) is 12.1 Å². The van der Waals surface area contributed by atoms with E-state index < -0.39 is 0 Å². The van der Waals surface area contributed by atoms with Crippen LogP contribution in [0.1, 0.15) is 10.5 Å². The Kier molecular flexibility index (Phi) is 3.72.